The molecule has 3 aliphatic rings. The van der Waals surface area contributed by atoms with Crippen molar-refractivity contribution in [2.75, 3.05) is 13.2 Å². The smallest absolute Gasteiger partial charge is 0.151 e. The number of ether oxygens (including phenoxy) is 2. The normalized spacial score (nSPS) is 28.9. The Balaban J connectivity index is 1.91. The van der Waals surface area contributed by atoms with Crippen LogP contribution in [0, 0.1) is 0 Å². The Morgan fingerprint density at radius 2 is 2.03 bits per heavy atom. The fraction of sp³-hybridized carbons (Fsp3) is 0.522. The maximum absolute atomic E-state index is 14.7. The molecule has 3 rings (SSSR count). The van der Waals surface area contributed by atoms with E-state index in [9.17, 15) is 4.39 Å². The van der Waals surface area contributed by atoms with Crippen molar-refractivity contribution < 1.29 is 13.9 Å². The monoisotopic (exact) mass is 431 g/mol. The quantitative estimate of drug-likeness (QED) is 0.311. The third-order valence-corrected chi connectivity index (χ3v) is 5.96. The summed E-state index contributed by atoms with van der Waals surface area (Å²) < 4.78 is 26.2. The highest BCUT2D eigenvalue weighted by Gasteiger charge is 2.42. The van der Waals surface area contributed by atoms with Crippen LogP contribution in [0.2, 0.25) is 0 Å². The molecule has 2 fully saturated rings. The SMILES string of the molecule is C=C/N=C(\C=C(/N)N1[C@H](C)COC[C@@H]1C)C(=C)C1=CC(OC2(C)CC2)=C(F)C[C@H]1NN. The second-order valence-corrected chi connectivity index (χ2v) is 8.73. The van der Waals surface area contributed by atoms with Crippen LogP contribution in [0.1, 0.15) is 40.0 Å². The average molecular weight is 432 g/mol. The summed E-state index contributed by atoms with van der Waals surface area (Å²) in [6.07, 6.45) is 6.76. The molecule has 1 saturated heterocycles. The van der Waals surface area contributed by atoms with E-state index in [1.807, 2.05) is 6.92 Å². The molecule has 5 N–H and O–H groups in total. The van der Waals surface area contributed by atoms with Crippen LogP contribution in [0.15, 0.2) is 65.1 Å². The maximum atomic E-state index is 14.7. The van der Waals surface area contributed by atoms with Gasteiger partial charge in [-0.25, -0.2) is 4.39 Å². The van der Waals surface area contributed by atoms with Crippen molar-refractivity contribution >= 4 is 5.71 Å². The number of nitrogens with zero attached hydrogens (tertiary/aromatic N) is 2. The van der Waals surface area contributed by atoms with Crippen molar-refractivity contribution in [3.63, 3.8) is 0 Å². The van der Waals surface area contributed by atoms with Gasteiger partial charge in [-0.2, -0.15) is 0 Å². The van der Waals surface area contributed by atoms with Crippen LogP contribution in [0.25, 0.3) is 0 Å². The second kappa shape index (κ2) is 9.38. The molecular weight excluding hydrogens is 397 g/mol. The largest absolute Gasteiger partial charge is 0.485 e. The molecule has 3 atom stereocenters. The Kier molecular flexibility index (Phi) is 7.03. The van der Waals surface area contributed by atoms with E-state index < -0.39 is 6.04 Å². The molecule has 7 nitrogen and oxygen atoms in total. The van der Waals surface area contributed by atoms with Crippen LogP contribution < -0.4 is 17.0 Å². The van der Waals surface area contributed by atoms with Gasteiger partial charge < -0.3 is 20.1 Å². The molecule has 0 spiro atoms. The van der Waals surface area contributed by atoms with E-state index in [2.05, 4.69) is 42.3 Å². The summed E-state index contributed by atoms with van der Waals surface area (Å²) in [5, 5.41) is 0. The molecule has 0 amide bonds. The minimum absolute atomic E-state index is 0.0743. The molecule has 0 radical (unpaired) electrons. The molecule has 31 heavy (non-hydrogen) atoms. The number of nitrogens with one attached hydrogen (secondary N) is 1. The average Bonchev–Trinajstić information content (AvgIpc) is 3.45. The van der Waals surface area contributed by atoms with Crippen LogP contribution in [-0.4, -0.2) is 47.6 Å². The van der Waals surface area contributed by atoms with Crippen LogP contribution in [-0.2, 0) is 9.47 Å². The lowest BCUT2D eigenvalue weighted by atomic mass is 9.89. The molecule has 0 aromatic rings. The van der Waals surface area contributed by atoms with E-state index in [-0.39, 0.29) is 35.7 Å². The molecule has 0 aromatic heterocycles. The van der Waals surface area contributed by atoms with Gasteiger partial charge in [-0.1, -0.05) is 13.2 Å². The van der Waals surface area contributed by atoms with Gasteiger partial charge >= 0.3 is 0 Å². The molecule has 1 heterocycles. The highest BCUT2D eigenvalue weighted by molar-refractivity contribution is 6.11. The Morgan fingerprint density at radius 1 is 1.39 bits per heavy atom. The summed E-state index contributed by atoms with van der Waals surface area (Å²) in [7, 11) is 0. The Labute approximate surface area is 184 Å². The zero-order chi connectivity index (χ0) is 22.8. The highest BCUT2D eigenvalue weighted by Crippen LogP contribution is 2.43. The summed E-state index contributed by atoms with van der Waals surface area (Å²) in [5.41, 5.74) is 10.6. The number of allylic oxidation sites excluding steroid dienone is 2. The van der Waals surface area contributed by atoms with E-state index in [0.29, 0.717) is 35.9 Å². The van der Waals surface area contributed by atoms with Crippen molar-refractivity contribution in [3.8, 4) is 0 Å². The Morgan fingerprint density at radius 3 is 2.58 bits per heavy atom. The van der Waals surface area contributed by atoms with Gasteiger partial charge in [0.2, 0.25) is 0 Å². The lowest BCUT2D eigenvalue weighted by molar-refractivity contribution is -0.0190. The highest BCUT2D eigenvalue weighted by atomic mass is 19.1. The molecule has 170 valence electrons. The summed E-state index contributed by atoms with van der Waals surface area (Å²) in [4.78, 5) is 6.49. The van der Waals surface area contributed by atoms with Crippen LogP contribution in [0.4, 0.5) is 4.39 Å². The molecule has 2 aliphatic carbocycles. The summed E-state index contributed by atoms with van der Waals surface area (Å²) in [5.74, 6) is 6.18. The van der Waals surface area contributed by atoms with Crippen molar-refractivity contribution in [1.29, 1.82) is 0 Å². The number of hydrogen-bond acceptors (Lipinski definition) is 7. The molecule has 1 aliphatic heterocycles. The standard InChI is InChI=1S/C23H34FN5O2/c1-6-27-19(11-22(25)29-14(2)12-30-13-15(29)3)16(4)17-9-21(31-23(5)7-8-23)18(24)10-20(17)28-26/h6,9,11,14-15,20,28H,1,4,7-8,10,12-13,25-26H2,2-3,5H3/b22-11+,27-19+/t14-,15+,20-/m1/s1. The summed E-state index contributed by atoms with van der Waals surface area (Å²) >= 11 is 0. The van der Waals surface area contributed by atoms with Gasteiger partial charge in [0.05, 0.1) is 37.1 Å². The van der Waals surface area contributed by atoms with E-state index in [4.69, 9.17) is 21.1 Å². The molecule has 0 unspecified atom stereocenters. The lowest BCUT2D eigenvalue weighted by Crippen LogP contribution is -2.50. The number of morpholine rings is 1. The number of aliphatic imine (C=N–C) groups is 1. The van der Waals surface area contributed by atoms with Gasteiger partial charge in [0.25, 0.3) is 0 Å². The number of hydrazine groups is 1. The summed E-state index contributed by atoms with van der Waals surface area (Å²) in [6, 6.07) is -0.207. The Bertz CT molecular complexity index is 846. The molecule has 1 saturated carbocycles. The Hall–Kier alpha value is -2.42. The van der Waals surface area contributed by atoms with Gasteiger partial charge in [0.1, 0.15) is 17.2 Å². The minimum Gasteiger partial charge on any atom is -0.485 e. The van der Waals surface area contributed by atoms with Crippen molar-refractivity contribution in [3.05, 3.63) is 60.1 Å². The molecule has 0 bridgehead atoms. The first-order chi connectivity index (χ1) is 14.7. The van der Waals surface area contributed by atoms with Gasteiger partial charge in [0.15, 0.2) is 5.76 Å². The number of halogens is 1. The number of nitrogens with two attached hydrogens (primary N) is 2. The van der Waals surface area contributed by atoms with E-state index in [0.717, 1.165) is 12.8 Å². The topological polar surface area (TPSA) is 98.1 Å². The zero-order valence-corrected chi connectivity index (χ0v) is 18.7. The zero-order valence-electron chi connectivity index (χ0n) is 18.7. The maximum Gasteiger partial charge on any atom is 0.151 e. The number of hydrogen-bond donors (Lipinski definition) is 3. The van der Waals surface area contributed by atoms with Crippen molar-refractivity contribution in [1.82, 2.24) is 10.3 Å². The minimum atomic E-state index is -0.460. The fourth-order valence-corrected chi connectivity index (χ4v) is 3.96. The molecular formula is C23H34FN5O2. The first-order valence-corrected chi connectivity index (χ1v) is 10.7. The molecule has 0 aromatic carbocycles. The van der Waals surface area contributed by atoms with E-state index >= 15 is 0 Å². The van der Waals surface area contributed by atoms with Crippen LogP contribution in [0.3, 0.4) is 0 Å². The van der Waals surface area contributed by atoms with E-state index in [1.54, 1.807) is 12.2 Å². The predicted molar refractivity (Wildman–Crippen MR) is 121 cm³/mol. The van der Waals surface area contributed by atoms with E-state index in [1.165, 1.54) is 6.20 Å². The second-order valence-electron chi connectivity index (χ2n) is 8.73. The predicted octanol–water partition coefficient (Wildman–Crippen LogP) is 2.95. The number of rotatable bonds is 8. The molecule has 8 heteroatoms. The van der Waals surface area contributed by atoms with Gasteiger partial charge in [-0.3, -0.25) is 16.3 Å². The van der Waals surface area contributed by atoms with Crippen LogP contribution >= 0.6 is 0 Å². The van der Waals surface area contributed by atoms with Gasteiger partial charge in [-0.05, 0) is 50.8 Å². The third-order valence-electron chi connectivity index (χ3n) is 5.96. The van der Waals surface area contributed by atoms with Crippen LogP contribution in [0.5, 0.6) is 0 Å². The first-order valence-electron chi connectivity index (χ1n) is 10.7. The van der Waals surface area contributed by atoms with Gasteiger partial charge in [-0.15, -0.1) is 0 Å². The summed E-state index contributed by atoms with van der Waals surface area (Å²) in [6.45, 7) is 15.2. The third kappa shape index (κ3) is 5.26. The lowest BCUT2D eigenvalue weighted by Gasteiger charge is -2.40. The van der Waals surface area contributed by atoms with Crippen molar-refractivity contribution in [2.24, 2.45) is 16.6 Å². The van der Waals surface area contributed by atoms with Gasteiger partial charge in [0, 0.05) is 18.7 Å². The van der Waals surface area contributed by atoms with Crippen molar-refractivity contribution in [2.45, 2.75) is 63.8 Å². The first kappa shape index (κ1) is 23.2. The fourth-order valence-electron chi connectivity index (χ4n) is 3.96.